The summed E-state index contributed by atoms with van der Waals surface area (Å²) in [6.07, 6.45) is 3.73. The molecule has 18 heavy (non-hydrogen) atoms. The summed E-state index contributed by atoms with van der Waals surface area (Å²) in [6.45, 7) is 9.05. The van der Waals surface area contributed by atoms with Gasteiger partial charge in [-0.15, -0.1) is 0 Å². The summed E-state index contributed by atoms with van der Waals surface area (Å²) in [7, 11) is 0. The van der Waals surface area contributed by atoms with Gasteiger partial charge in [-0.05, 0) is 49.4 Å². The van der Waals surface area contributed by atoms with Crippen molar-refractivity contribution in [3.05, 3.63) is 34.3 Å². The van der Waals surface area contributed by atoms with E-state index in [0.717, 1.165) is 24.9 Å². The normalized spacial score (nSPS) is 12.9. The number of hydrogen-bond acceptors (Lipinski definition) is 1. The number of halogens is 1. The van der Waals surface area contributed by atoms with Crippen LogP contribution in [0.2, 0.25) is 0 Å². The lowest BCUT2D eigenvalue weighted by Crippen LogP contribution is -2.27. The molecule has 0 radical (unpaired) electrons. The van der Waals surface area contributed by atoms with Gasteiger partial charge in [-0.2, -0.15) is 0 Å². The summed E-state index contributed by atoms with van der Waals surface area (Å²) >= 11 is 3.65. The summed E-state index contributed by atoms with van der Waals surface area (Å²) in [6, 6.07) is 8.58. The van der Waals surface area contributed by atoms with Gasteiger partial charge in [0.25, 0.3) is 0 Å². The van der Waals surface area contributed by atoms with E-state index in [-0.39, 0.29) is 0 Å². The molecule has 0 aliphatic rings. The van der Waals surface area contributed by atoms with Crippen molar-refractivity contribution < 1.29 is 0 Å². The van der Waals surface area contributed by atoms with Crippen LogP contribution in [0, 0.1) is 11.8 Å². The van der Waals surface area contributed by atoms with E-state index in [4.69, 9.17) is 0 Å². The Kier molecular flexibility index (Phi) is 7.60. The zero-order valence-corrected chi connectivity index (χ0v) is 13.5. The highest BCUT2D eigenvalue weighted by Crippen LogP contribution is 2.21. The van der Waals surface area contributed by atoms with E-state index in [1.54, 1.807) is 0 Å². The predicted molar refractivity (Wildman–Crippen MR) is 84.0 cm³/mol. The molecule has 1 atom stereocenters. The van der Waals surface area contributed by atoms with E-state index in [0.29, 0.717) is 0 Å². The van der Waals surface area contributed by atoms with Gasteiger partial charge >= 0.3 is 0 Å². The molecule has 2 heteroatoms. The van der Waals surface area contributed by atoms with Gasteiger partial charge in [0.05, 0.1) is 0 Å². The van der Waals surface area contributed by atoms with Crippen molar-refractivity contribution in [3.8, 4) is 0 Å². The van der Waals surface area contributed by atoms with Crippen LogP contribution in [0.5, 0.6) is 0 Å². The second-order valence-electron chi connectivity index (χ2n) is 5.50. The summed E-state index contributed by atoms with van der Waals surface area (Å²) < 4.78 is 1.25. The maximum atomic E-state index is 3.65. The molecule has 102 valence electrons. The van der Waals surface area contributed by atoms with Crippen molar-refractivity contribution in [3.63, 3.8) is 0 Å². The van der Waals surface area contributed by atoms with Crippen LogP contribution in [-0.2, 0) is 6.42 Å². The van der Waals surface area contributed by atoms with Gasteiger partial charge in [0, 0.05) is 4.47 Å². The smallest absolute Gasteiger partial charge is 0.0207 e. The Bertz CT molecular complexity index is 336. The molecule has 1 N–H and O–H groups in total. The molecule has 0 amide bonds. The summed E-state index contributed by atoms with van der Waals surface area (Å²) in [5.41, 5.74) is 1.43. The van der Waals surface area contributed by atoms with Crippen LogP contribution in [0.3, 0.4) is 0 Å². The van der Waals surface area contributed by atoms with Crippen molar-refractivity contribution in [2.24, 2.45) is 11.8 Å². The first kappa shape index (κ1) is 15.7. The SMILES string of the molecule is CCCC(CNCC(C)C)Cc1ccccc1Br. The molecule has 0 bridgehead atoms. The fourth-order valence-electron chi connectivity index (χ4n) is 2.24. The molecule has 0 aliphatic heterocycles. The Morgan fingerprint density at radius 1 is 1.17 bits per heavy atom. The number of benzene rings is 1. The van der Waals surface area contributed by atoms with E-state index in [1.807, 2.05) is 0 Å². The molecule has 0 spiro atoms. The topological polar surface area (TPSA) is 12.0 Å². The van der Waals surface area contributed by atoms with E-state index < -0.39 is 0 Å². The van der Waals surface area contributed by atoms with Gasteiger partial charge in [-0.25, -0.2) is 0 Å². The Hall–Kier alpha value is -0.340. The van der Waals surface area contributed by atoms with Crippen LogP contribution < -0.4 is 5.32 Å². The molecule has 0 fully saturated rings. The third-order valence-corrected chi connectivity index (χ3v) is 3.92. The Labute approximate surface area is 120 Å². The fraction of sp³-hybridized carbons (Fsp3) is 0.625. The molecular formula is C16H26BrN. The molecule has 0 saturated carbocycles. The van der Waals surface area contributed by atoms with Gasteiger partial charge in [0.1, 0.15) is 0 Å². The highest BCUT2D eigenvalue weighted by atomic mass is 79.9. The second kappa shape index (κ2) is 8.71. The predicted octanol–water partition coefficient (Wildman–Crippen LogP) is 4.65. The van der Waals surface area contributed by atoms with Gasteiger partial charge in [0.15, 0.2) is 0 Å². The van der Waals surface area contributed by atoms with E-state index in [2.05, 4.69) is 66.3 Å². The number of rotatable bonds is 8. The van der Waals surface area contributed by atoms with Gasteiger partial charge in [-0.1, -0.05) is 61.3 Å². The lowest BCUT2D eigenvalue weighted by atomic mass is 9.95. The van der Waals surface area contributed by atoms with Crippen LogP contribution in [0.4, 0.5) is 0 Å². The van der Waals surface area contributed by atoms with Crippen molar-refractivity contribution in [2.45, 2.75) is 40.0 Å². The average molecular weight is 312 g/mol. The molecule has 1 unspecified atom stereocenters. The third kappa shape index (κ3) is 6.01. The minimum atomic E-state index is 0.732. The largest absolute Gasteiger partial charge is 0.316 e. The maximum absolute atomic E-state index is 3.65. The minimum Gasteiger partial charge on any atom is -0.316 e. The first-order valence-corrected chi connectivity index (χ1v) is 7.86. The van der Waals surface area contributed by atoms with Crippen molar-refractivity contribution >= 4 is 15.9 Å². The van der Waals surface area contributed by atoms with Gasteiger partial charge < -0.3 is 5.32 Å². The Morgan fingerprint density at radius 3 is 2.50 bits per heavy atom. The average Bonchev–Trinajstić information content (AvgIpc) is 2.32. The molecule has 0 heterocycles. The first-order valence-electron chi connectivity index (χ1n) is 7.07. The Morgan fingerprint density at radius 2 is 1.89 bits per heavy atom. The van der Waals surface area contributed by atoms with E-state index in [9.17, 15) is 0 Å². The number of hydrogen-bond donors (Lipinski definition) is 1. The maximum Gasteiger partial charge on any atom is 0.0207 e. The molecule has 0 aliphatic carbocycles. The van der Waals surface area contributed by atoms with Gasteiger partial charge in [0.2, 0.25) is 0 Å². The van der Waals surface area contributed by atoms with Crippen molar-refractivity contribution in [2.75, 3.05) is 13.1 Å². The van der Waals surface area contributed by atoms with Crippen LogP contribution >= 0.6 is 15.9 Å². The van der Waals surface area contributed by atoms with Crippen LogP contribution in [-0.4, -0.2) is 13.1 Å². The molecule has 1 nitrogen and oxygen atoms in total. The zero-order valence-electron chi connectivity index (χ0n) is 11.9. The third-order valence-electron chi connectivity index (χ3n) is 3.15. The molecule has 1 aromatic rings. The second-order valence-corrected chi connectivity index (χ2v) is 6.36. The quantitative estimate of drug-likeness (QED) is 0.736. The lowest BCUT2D eigenvalue weighted by Gasteiger charge is -2.18. The monoisotopic (exact) mass is 311 g/mol. The van der Waals surface area contributed by atoms with Crippen LogP contribution in [0.15, 0.2) is 28.7 Å². The van der Waals surface area contributed by atoms with E-state index in [1.165, 1.54) is 29.3 Å². The first-order chi connectivity index (χ1) is 8.63. The number of nitrogens with one attached hydrogen (secondary N) is 1. The summed E-state index contributed by atoms with van der Waals surface area (Å²) in [4.78, 5) is 0. The standard InChI is InChI=1S/C16H26BrN/c1-4-7-14(12-18-11-13(2)3)10-15-8-5-6-9-16(15)17/h5-6,8-9,13-14,18H,4,7,10-12H2,1-3H3. The fourth-order valence-corrected chi connectivity index (χ4v) is 2.68. The van der Waals surface area contributed by atoms with E-state index >= 15 is 0 Å². The lowest BCUT2D eigenvalue weighted by molar-refractivity contribution is 0.420. The molecule has 1 rings (SSSR count). The zero-order chi connectivity index (χ0) is 13.4. The highest BCUT2D eigenvalue weighted by molar-refractivity contribution is 9.10. The molecule has 0 aromatic heterocycles. The summed E-state index contributed by atoms with van der Waals surface area (Å²) in [5, 5.41) is 3.59. The van der Waals surface area contributed by atoms with Crippen LogP contribution in [0.25, 0.3) is 0 Å². The Balaban J connectivity index is 2.49. The highest BCUT2D eigenvalue weighted by Gasteiger charge is 2.10. The van der Waals surface area contributed by atoms with Gasteiger partial charge in [-0.3, -0.25) is 0 Å². The minimum absolute atomic E-state index is 0.732. The molecular weight excluding hydrogens is 286 g/mol. The molecule has 1 aromatic carbocycles. The van der Waals surface area contributed by atoms with Crippen LogP contribution in [0.1, 0.15) is 39.2 Å². The van der Waals surface area contributed by atoms with Crippen molar-refractivity contribution in [1.29, 1.82) is 0 Å². The molecule has 0 saturated heterocycles. The summed E-state index contributed by atoms with van der Waals surface area (Å²) in [5.74, 6) is 1.48. The van der Waals surface area contributed by atoms with Crippen molar-refractivity contribution in [1.82, 2.24) is 5.32 Å².